The largest absolute Gasteiger partial charge is 0.198 e. The first-order valence-corrected chi connectivity index (χ1v) is 5.63. The van der Waals surface area contributed by atoms with E-state index in [1.165, 1.54) is 25.7 Å². The second kappa shape index (κ2) is 7.47. The minimum atomic E-state index is -0.818. The maximum absolute atomic E-state index is 8.42. The molecule has 0 amide bonds. The zero-order valence-corrected chi connectivity index (χ0v) is 9.66. The normalized spacial score (nSPS) is 11.2. The molecule has 0 fully saturated rings. The zero-order chi connectivity index (χ0) is 10.2. The lowest BCUT2D eigenvalue weighted by Gasteiger charge is -2.14. The molecule has 0 saturated carbocycles. The molecule has 3 heteroatoms. The summed E-state index contributed by atoms with van der Waals surface area (Å²) in [5.41, 5.74) is 0. The monoisotopic (exact) mass is 221 g/mol. The quantitative estimate of drug-likeness (QED) is 0.461. The second-order valence-corrected chi connectivity index (χ2v) is 5.00. The lowest BCUT2D eigenvalue weighted by Crippen LogP contribution is -2.10. The van der Waals surface area contributed by atoms with E-state index in [1.807, 2.05) is 6.07 Å². The molecule has 0 atom stereocenters. The Balaban J connectivity index is 3.36. The summed E-state index contributed by atoms with van der Waals surface area (Å²) >= 11 is 11.8. The number of nitrogens with zero attached hydrogens (tertiary/aromatic N) is 1. The smallest absolute Gasteiger partial charge is 0.131 e. The molecule has 0 radical (unpaired) electrons. The highest BCUT2D eigenvalue weighted by atomic mass is 35.5. The molecule has 0 unspecified atom stereocenters. The van der Waals surface area contributed by atoms with Gasteiger partial charge in [-0.05, 0) is 6.42 Å². The topological polar surface area (TPSA) is 23.8 Å². The van der Waals surface area contributed by atoms with Gasteiger partial charge in [-0.2, -0.15) is 5.26 Å². The average molecular weight is 222 g/mol. The molecule has 0 aliphatic rings. The molecule has 0 aromatic carbocycles. The van der Waals surface area contributed by atoms with E-state index in [1.54, 1.807) is 0 Å². The molecule has 76 valence electrons. The van der Waals surface area contributed by atoms with Crippen LogP contribution in [0.2, 0.25) is 0 Å². The molecule has 0 N–H and O–H groups in total. The number of hydrogen-bond acceptors (Lipinski definition) is 1. The first kappa shape index (κ1) is 13.1. The van der Waals surface area contributed by atoms with Crippen molar-refractivity contribution in [2.24, 2.45) is 0 Å². The van der Waals surface area contributed by atoms with Crippen LogP contribution in [-0.2, 0) is 0 Å². The molecule has 0 heterocycles. The first-order valence-electron chi connectivity index (χ1n) is 4.87. The van der Waals surface area contributed by atoms with Gasteiger partial charge in [-0.1, -0.05) is 39.0 Å². The molecular weight excluding hydrogens is 205 g/mol. The van der Waals surface area contributed by atoms with Crippen molar-refractivity contribution in [3.05, 3.63) is 0 Å². The number of nitriles is 1. The summed E-state index contributed by atoms with van der Waals surface area (Å²) in [5.74, 6) is 0. The molecule has 0 aromatic heterocycles. The molecule has 0 bridgehead atoms. The fourth-order valence-electron chi connectivity index (χ4n) is 1.19. The molecule has 0 aliphatic carbocycles. The molecule has 0 aliphatic heterocycles. The highest BCUT2D eigenvalue weighted by molar-refractivity contribution is 6.48. The maximum atomic E-state index is 8.42. The highest BCUT2D eigenvalue weighted by Crippen LogP contribution is 2.31. The van der Waals surface area contributed by atoms with Crippen molar-refractivity contribution in [3.63, 3.8) is 0 Å². The van der Waals surface area contributed by atoms with Gasteiger partial charge in [0.2, 0.25) is 0 Å². The Labute approximate surface area is 91.0 Å². The van der Waals surface area contributed by atoms with Crippen LogP contribution in [0.4, 0.5) is 0 Å². The summed E-state index contributed by atoms with van der Waals surface area (Å²) in [6.45, 7) is 2.18. The van der Waals surface area contributed by atoms with Gasteiger partial charge in [0.05, 0.1) is 12.5 Å². The van der Waals surface area contributed by atoms with E-state index in [4.69, 9.17) is 28.5 Å². The average Bonchev–Trinajstić information content (AvgIpc) is 2.04. The van der Waals surface area contributed by atoms with Crippen LogP contribution in [0.25, 0.3) is 0 Å². The Kier molecular flexibility index (Phi) is 7.51. The third-order valence-electron chi connectivity index (χ3n) is 1.98. The number of alkyl halides is 2. The van der Waals surface area contributed by atoms with E-state index in [0.29, 0.717) is 0 Å². The van der Waals surface area contributed by atoms with Crippen LogP contribution in [-0.4, -0.2) is 4.33 Å². The minimum absolute atomic E-state index is 0.226. The molecule has 0 spiro atoms. The molecule has 0 rings (SSSR count). The van der Waals surface area contributed by atoms with Crippen LogP contribution in [0.3, 0.4) is 0 Å². The van der Waals surface area contributed by atoms with Crippen molar-refractivity contribution in [1.82, 2.24) is 0 Å². The van der Waals surface area contributed by atoms with Crippen molar-refractivity contribution >= 4 is 23.2 Å². The Bertz CT molecular complexity index is 161. The van der Waals surface area contributed by atoms with E-state index in [2.05, 4.69) is 6.92 Å². The van der Waals surface area contributed by atoms with Crippen molar-refractivity contribution in [1.29, 1.82) is 5.26 Å². The Morgan fingerprint density at radius 1 is 1.15 bits per heavy atom. The summed E-state index contributed by atoms with van der Waals surface area (Å²) < 4.78 is -0.818. The standard InChI is InChI=1S/C10H17Cl2N/c1-2-3-4-5-6-7-10(11,12)8-9-13/h2-8H2,1H3. The second-order valence-electron chi connectivity index (χ2n) is 3.36. The van der Waals surface area contributed by atoms with Crippen LogP contribution < -0.4 is 0 Å². The lowest BCUT2D eigenvalue weighted by molar-refractivity contribution is 0.578. The summed E-state index contributed by atoms with van der Waals surface area (Å²) in [5, 5.41) is 8.42. The lowest BCUT2D eigenvalue weighted by atomic mass is 10.1. The summed E-state index contributed by atoms with van der Waals surface area (Å²) in [6, 6.07) is 2.00. The molecule has 0 aromatic rings. The number of hydrogen-bond donors (Lipinski definition) is 0. The van der Waals surface area contributed by atoms with E-state index in [-0.39, 0.29) is 6.42 Å². The predicted octanol–water partition coefficient (Wildman–Crippen LogP) is 4.43. The first-order chi connectivity index (χ1) is 6.12. The van der Waals surface area contributed by atoms with Gasteiger partial charge in [-0.3, -0.25) is 0 Å². The zero-order valence-electron chi connectivity index (χ0n) is 8.15. The fraction of sp³-hybridized carbons (Fsp3) is 0.900. The van der Waals surface area contributed by atoms with Crippen molar-refractivity contribution in [2.75, 3.05) is 0 Å². The van der Waals surface area contributed by atoms with Crippen LogP contribution >= 0.6 is 23.2 Å². The third-order valence-corrected chi connectivity index (χ3v) is 2.63. The van der Waals surface area contributed by atoms with Gasteiger partial charge in [0.25, 0.3) is 0 Å². The summed E-state index contributed by atoms with van der Waals surface area (Å²) in [7, 11) is 0. The van der Waals surface area contributed by atoms with Gasteiger partial charge in [-0.25, -0.2) is 0 Å². The molecule has 0 saturated heterocycles. The Hall–Kier alpha value is 0.0700. The van der Waals surface area contributed by atoms with Crippen molar-refractivity contribution in [2.45, 2.75) is 56.2 Å². The van der Waals surface area contributed by atoms with Crippen LogP contribution in [0.5, 0.6) is 0 Å². The van der Waals surface area contributed by atoms with Gasteiger partial charge in [0.15, 0.2) is 0 Å². The predicted molar refractivity (Wildman–Crippen MR) is 58.0 cm³/mol. The minimum Gasteiger partial charge on any atom is -0.198 e. The van der Waals surface area contributed by atoms with Gasteiger partial charge in [-0.15, -0.1) is 23.2 Å². The summed E-state index contributed by atoms with van der Waals surface area (Å²) in [6.07, 6.45) is 6.90. The third kappa shape index (κ3) is 8.40. The van der Waals surface area contributed by atoms with Gasteiger partial charge in [0, 0.05) is 0 Å². The molecule has 1 nitrogen and oxygen atoms in total. The molecular formula is C10H17Cl2N. The van der Waals surface area contributed by atoms with E-state index < -0.39 is 4.33 Å². The Morgan fingerprint density at radius 3 is 2.31 bits per heavy atom. The van der Waals surface area contributed by atoms with Crippen LogP contribution in [0.1, 0.15) is 51.9 Å². The number of rotatable bonds is 7. The number of halogens is 2. The van der Waals surface area contributed by atoms with Gasteiger partial charge >= 0.3 is 0 Å². The van der Waals surface area contributed by atoms with Crippen LogP contribution in [0.15, 0.2) is 0 Å². The number of unbranched alkanes of at least 4 members (excludes halogenated alkanes) is 4. The van der Waals surface area contributed by atoms with Crippen LogP contribution in [0, 0.1) is 11.3 Å². The maximum Gasteiger partial charge on any atom is 0.131 e. The fourth-order valence-corrected chi connectivity index (χ4v) is 1.58. The van der Waals surface area contributed by atoms with Crippen molar-refractivity contribution in [3.8, 4) is 6.07 Å². The summed E-state index contributed by atoms with van der Waals surface area (Å²) in [4.78, 5) is 0. The van der Waals surface area contributed by atoms with Gasteiger partial charge < -0.3 is 0 Å². The van der Waals surface area contributed by atoms with Gasteiger partial charge in [0.1, 0.15) is 4.33 Å². The van der Waals surface area contributed by atoms with Crippen molar-refractivity contribution < 1.29 is 0 Å². The molecule has 13 heavy (non-hydrogen) atoms. The SMILES string of the molecule is CCCCCCCC(Cl)(Cl)CC#N. The van der Waals surface area contributed by atoms with E-state index >= 15 is 0 Å². The van der Waals surface area contributed by atoms with E-state index in [9.17, 15) is 0 Å². The Morgan fingerprint density at radius 2 is 1.77 bits per heavy atom. The van der Waals surface area contributed by atoms with E-state index in [0.717, 1.165) is 12.8 Å². The highest BCUT2D eigenvalue weighted by Gasteiger charge is 2.22.